The molecule has 0 amide bonds. The normalized spacial score (nSPS) is 12.3. The second-order valence-electron chi connectivity index (χ2n) is 14.9. The van der Waals surface area contributed by atoms with Crippen molar-refractivity contribution < 1.29 is 28.6 Å². The first kappa shape index (κ1) is 50.6. The monoisotopic (exact) mass is 745 g/mol. The zero-order chi connectivity index (χ0) is 38.7. The predicted octanol–water partition coefficient (Wildman–Crippen LogP) is 14.2. The number of hydrogen-bond acceptors (Lipinski definition) is 6. The van der Waals surface area contributed by atoms with E-state index < -0.39 is 6.10 Å². The standard InChI is InChI=1S/C47H84O6/c1-4-7-10-13-16-19-21-23-24-26-28-31-34-37-40-46(49)52-43-44(42-51-45(48)39-36-33-30-27-18-15-12-9-6-3)53-47(50)41-38-35-32-29-25-22-20-17-14-11-8-5-2/h9,12,17-18,20,27,44H,4-8,10-11,13-16,19,21-26,28-43H2,1-3H3/b12-9-,20-17-,27-18-. The maximum atomic E-state index is 12.7. The molecule has 0 N–H and O–H groups in total. The Balaban J connectivity index is 4.36. The Morgan fingerprint density at radius 3 is 1.23 bits per heavy atom. The minimum Gasteiger partial charge on any atom is -0.462 e. The molecule has 0 rings (SSSR count). The summed E-state index contributed by atoms with van der Waals surface area (Å²) in [5.74, 6) is -0.930. The number of carbonyl (C=O) groups excluding carboxylic acids is 3. The van der Waals surface area contributed by atoms with E-state index in [1.54, 1.807) is 0 Å². The minimum absolute atomic E-state index is 0.0836. The Labute approximate surface area is 327 Å². The van der Waals surface area contributed by atoms with E-state index in [-0.39, 0.29) is 31.1 Å². The summed E-state index contributed by atoms with van der Waals surface area (Å²) in [6.07, 6.45) is 47.1. The van der Waals surface area contributed by atoms with Gasteiger partial charge in [0.15, 0.2) is 6.10 Å². The lowest BCUT2D eigenvalue weighted by Gasteiger charge is -2.18. The van der Waals surface area contributed by atoms with Gasteiger partial charge in [-0.25, -0.2) is 0 Å². The third-order valence-electron chi connectivity index (χ3n) is 9.63. The number of carbonyl (C=O) groups is 3. The van der Waals surface area contributed by atoms with Gasteiger partial charge in [-0.15, -0.1) is 0 Å². The van der Waals surface area contributed by atoms with Crippen LogP contribution in [0, 0.1) is 0 Å². The molecule has 0 aliphatic carbocycles. The molecule has 0 bridgehead atoms. The lowest BCUT2D eigenvalue weighted by molar-refractivity contribution is -0.167. The van der Waals surface area contributed by atoms with E-state index in [2.05, 4.69) is 57.2 Å². The molecule has 0 spiro atoms. The Morgan fingerprint density at radius 2 is 0.736 bits per heavy atom. The molecule has 0 heterocycles. The lowest BCUT2D eigenvalue weighted by Crippen LogP contribution is -2.30. The number of esters is 3. The molecule has 1 unspecified atom stereocenters. The second-order valence-corrected chi connectivity index (χ2v) is 14.9. The smallest absolute Gasteiger partial charge is 0.306 e. The summed E-state index contributed by atoms with van der Waals surface area (Å²) in [4.78, 5) is 37.6. The van der Waals surface area contributed by atoms with Crippen molar-refractivity contribution in [3.63, 3.8) is 0 Å². The summed E-state index contributed by atoms with van der Waals surface area (Å²) < 4.78 is 16.6. The molecule has 0 saturated carbocycles. The Morgan fingerprint density at radius 1 is 0.396 bits per heavy atom. The highest BCUT2D eigenvalue weighted by Gasteiger charge is 2.19. The fourth-order valence-electron chi connectivity index (χ4n) is 6.24. The summed E-state index contributed by atoms with van der Waals surface area (Å²) in [7, 11) is 0. The van der Waals surface area contributed by atoms with Crippen molar-refractivity contribution >= 4 is 17.9 Å². The van der Waals surface area contributed by atoms with Gasteiger partial charge in [0.25, 0.3) is 0 Å². The van der Waals surface area contributed by atoms with Crippen molar-refractivity contribution in [3.05, 3.63) is 36.5 Å². The van der Waals surface area contributed by atoms with Crippen molar-refractivity contribution in [2.45, 2.75) is 232 Å². The van der Waals surface area contributed by atoms with Gasteiger partial charge in [0.2, 0.25) is 0 Å². The van der Waals surface area contributed by atoms with E-state index >= 15 is 0 Å². The van der Waals surface area contributed by atoms with Crippen molar-refractivity contribution in [3.8, 4) is 0 Å². The fraction of sp³-hybridized carbons (Fsp3) is 0.809. The van der Waals surface area contributed by atoms with Gasteiger partial charge in [0, 0.05) is 19.3 Å². The Kier molecular flexibility index (Phi) is 40.5. The van der Waals surface area contributed by atoms with E-state index in [1.807, 2.05) is 0 Å². The fourth-order valence-corrected chi connectivity index (χ4v) is 6.24. The molecular formula is C47H84O6. The molecular weight excluding hydrogens is 661 g/mol. The van der Waals surface area contributed by atoms with E-state index in [0.29, 0.717) is 19.3 Å². The molecule has 53 heavy (non-hydrogen) atoms. The maximum Gasteiger partial charge on any atom is 0.306 e. The van der Waals surface area contributed by atoms with Crippen LogP contribution in [0.1, 0.15) is 226 Å². The molecule has 0 fully saturated rings. The zero-order valence-corrected chi connectivity index (χ0v) is 35.0. The summed E-state index contributed by atoms with van der Waals surface area (Å²) in [6, 6.07) is 0. The van der Waals surface area contributed by atoms with Crippen LogP contribution in [0.2, 0.25) is 0 Å². The lowest BCUT2D eigenvalue weighted by atomic mass is 10.0. The second kappa shape index (κ2) is 42.4. The van der Waals surface area contributed by atoms with Crippen LogP contribution in [-0.4, -0.2) is 37.2 Å². The molecule has 0 aromatic carbocycles. The van der Waals surface area contributed by atoms with Gasteiger partial charge in [0.05, 0.1) is 0 Å². The van der Waals surface area contributed by atoms with Gasteiger partial charge in [0.1, 0.15) is 13.2 Å². The van der Waals surface area contributed by atoms with Crippen molar-refractivity contribution in [2.24, 2.45) is 0 Å². The molecule has 6 nitrogen and oxygen atoms in total. The molecule has 0 aromatic heterocycles. The number of allylic oxidation sites excluding steroid dienone is 6. The molecule has 6 heteroatoms. The summed E-state index contributed by atoms with van der Waals surface area (Å²) in [6.45, 7) is 6.45. The largest absolute Gasteiger partial charge is 0.462 e. The van der Waals surface area contributed by atoms with Gasteiger partial charge in [-0.05, 0) is 70.6 Å². The Hall–Kier alpha value is -2.37. The first-order chi connectivity index (χ1) is 26.0. The molecule has 308 valence electrons. The maximum absolute atomic E-state index is 12.7. The first-order valence-corrected chi connectivity index (χ1v) is 22.5. The highest BCUT2D eigenvalue weighted by Crippen LogP contribution is 2.15. The molecule has 0 aliphatic rings. The van der Waals surface area contributed by atoms with Crippen LogP contribution in [-0.2, 0) is 28.6 Å². The highest BCUT2D eigenvalue weighted by atomic mass is 16.6. The quantitative estimate of drug-likeness (QED) is 0.0269. The number of hydrogen-bond donors (Lipinski definition) is 0. The molecule has 0 aromatic rings. The summed E-state index contributed by atoms with van der Waals surface area (Å²) >= 11 is 0. The average molecular weight is 745 g/mol. The van der Waals surface area contributed by atoms with Crippen molar-refractivity contribution in [2.75, 3.05) is 13.2 Å². The third-order valence-corrected chi connectivity index (χ3v) is 9.63. The van der Waals surface area contributed by atoms with Crippen LogP contribution < -0.4 is 0 Å². The van der Waals surface area contributed by atoms with E-state index in [0.717, 1.165) is 83.5 Å². The number of ether oxygens (including phenoxy) is 3. The highest BCUT2D eigenvalue weighted by molar-refractivity contribution is 5.71. The van der Waals surface area contributed by atoms with E-state index in [4.69, 9.17) is 14.2 Å². The topological polar surface area (TPSA) is 78.9 Å². The Bertz CT molecular complexity index is 907. The molecule has 0 saturated heterocycles. The molecule has 0 radical (unpaired) electrons. The van der Waals surface area contributed by atoms with E-state index in [1.165, 1.54) is 103 Å². The number of unbranched alkanes of at least 4 members (excludes halogenated alkanes) is 23. The molecule has 0 aliphatic heterocycles. The van der Waals surface area contributed by atoms with Crippen LogP contribution >= 0.6 is 0 Å². The molecule has 1 atom stereocenters. The third kappa shape index (κ3) is 40.6. The average Bonchev–Trinajstić information content (AvgIpc) is 3.15. The zero-order valence-electron chi connectivity index (χ0n) is 35.0. The van der Waals surface area contributed by atoms with Crippen LogP contribution in [0.3, 0.4) is 0 Å². The van der Waals surface area contributed by atoms with Gasteiger partial charge >= 0.3 is 17.9 Å². The summed E-state index contributed by atoms with van der Waals surface area (Å²) in [5.41, 5.74) is 0. The summed E-state index contributed by atoms with van der Waals surface area (Å²) in [5, 5.41) is 0. The van der Waals surface area contributed by atoms with Crippen LogP contribution in [0.5, 0.6) is 0 Å². The van der Waals surface area contributed by atoms with Gasteiger partial charge in [-0.1, -0.05) is 173 Å². The van der Waals surface area contributed by atoms with Crippen molar-refractivity contribution in [1.29, 1.82) is 0 Å². The SMILES string of the molecule is CC/C=C\C/C=C\CCCCC(=O)OCC(COC(=O)CCCCCCCCCCCCCCCC)OC(=O)CCCCCCC/C=C\CCCCC. The first-order valence-electron chi connectivity index (χ1n) is 22.5. The van der Waals surface area contributed by atoms with Crippen molar-refractivity contribution in [1.82, 2.24) is 0 Å². The van der Waals surface area contributed by atoms with Crippen LogP contribution in [0.15, 0.2) is 36.5 Å². The van der Waals surface area contributed by atoms with Crippen LogP contribution in [0.4, 0.5) is 0 Å². The van der Waals surface area contributed by atoms with Gasteiger partial charge in [-0.3, -0.25) is 14.4 Å². The van der Waals surface area contributed by atoms with Gasteiger partial charge < -0.3 is 14.2 Å². The van der Waals surface area contributed by atoms with Crippen LogP contribution in [0.25, 0.3) is 0 Å². The minimum atomic E-state index is -0.782. The predicted molar refractivity (Wildman–Crippen MR) is 224 cm³/mol. The number of rotatable bonds is 40. The van der Waals surface area contributed by atoms with E-state index in [9.17, 15) is 14.4 Å². The van der Waals surface area contributed by atoms with Gasteiger partial charge in [-0.2, -0.15) is 0 Å².